The molecule has 0 bridgehead atoms. The molecule has 2 rings (SSSR count). The average Bonchev–Trinajstić information content (AvgIpc) is 2.98. The van der Waals surface area contributed by atoms with Crippen molar-refractivity contribution in [3.8, 4) is 0 Å². The van der Waals surface area contributed by atoms with Gasteiger partial charge in [0.1, 0.15) is 5.03 Å². The average molecular weight is 375 g/mol. The van der Waals surface area contributed by atoms with E-state index >= 15 is 0 Å². The van der Waals surface area contributed by atoms with Crippen LogP contribution in [0.4, 0.5) is 30.7 Å². The van der Waals surface area contributed by atoms with Gasteiger partial charge in [-0.15, -0.1) is 0 Å². The monoisotopic (exact) mass is 374 g/mol. The van der Waals surface area contributed by atoms with Gasteiger partial charge in [-0.3, -0.25) is 0 Å². The number of hydrogen-bond donors (Lipinski definition) is 0. The first-order valence-corrected chi connectivity index (χ1v) is 7.43. The SMILES string of the molecule is Cc1c(F)c(F)c(C[C@H]2[C@@H](/C=C(\Cl)C(F)(F)F)C2(C)C)c(F)c1F. The molecule has 0 unspecified atom stereocenters. The first kappa shape index (κ1) is 19.1. The molecule has 0 aromatic heterocycles. The fourth-order valence-electron chi connectivity index (χ4n) is 2.95. The van der Waals surface area contributed by atoms with Crippen molar-refractivity contribution in [2.75, 3.05) is 0 Å². The highest BCUT2D eigenvalue weighted by atomic mass is 35.5. The summed E-state index contributed by atoms with van der Waals surface area (Å²) < 4.78 is 92.5. The Labute approximate surface area is 139 Å². The number of alkyl halides is 3. The van der Waals surface area contributed by atoms with Gasteiger partial charge in [-0.05, 0) is 30.6 Å². The zero-order valence-electron chi connectivity index (χ0n) is 13.0. The molecular weight excluding hydrogens is 361 g/mol. The molecule has 8 heteroatoms. The molecule has 1 fully saturated rings. The van der Waals surface area contributed by atoms with Gasteiger partial charge in [0.05, 0.1) is 0 Å². The van der Waals surface area contributed by atoms with Crippen LogP contribution in [0.3, 0.4) is 0 Å². The Kier molecular flexibility index (Phi) is 4.72. The van der Waals surface area contributed by atoms with E-state index in [1.54, 1.807) is 13.8 Å². The van der Waals surface area contributed by atoms with Gasteiger partial charge < -0.3 is 0 Å². The van der Waals surface area contributed by atoms with E-state index in [1.807, 2.05) is 0 Å². The van der Waals surface area contributed by atoms with Gasteiger partial charge in [-0.2, -0.15) is 13.2 Å². The van der Waals surface area contributed by atoms with E-state index in [1.165, 1.54) is 0 Å². The quantitative estimate of drug-likeness (QED) is 0.446. The molecule has 0 aliphatic heterocycles. The van der Waals surface area contributed by atoms with E-state index in [0.717, 1.165) is 13.0 Å². The van der Waals surface area contributed by atoms with Crippen molar-refractivity contribution in [3.63, 3.8) is 0 Å². The highest BCUT2D eigenvalue weighted by Gasteiger charge is 2.57. The Balaban J connectivity index is 2.34. The zero-order valence-corrected chi connectivity index (χ0v) is 13.7. The summed E-state index contributed by atoms with van der Waals surface area (Å²) in [5, 5.41) is -1.33. The topological polar surface area (TPSA) is 0 Å². The van der Waals surface area contributed by atoms with E-state index in [0.29, 0.717) is 0 Å². The van der Waals surface area contributed by atoms with Crippen molar-refractivity contribution in [1.82, 2.24) is 0 Å². The summed E-state index contributed by atoms with van der Waals surface area (Å²) in [7, 11) is 0. The first-order chi connectivity index (χ1) is 10.8. The summed E-state index contributed by atoms with van der Waals surface area (Å²) >= 11 is 5.19. The van der Waals surface area contributed by atoms with Crippen molar-refractivity contribution in [2.24, 2.45) is 17.3 Å². The Hall–Kier alpha value is -1.24. The molecule has 1 saturated carbocycles. The standard InChI is InChI=1S/C16H14ClF7/c1-6-11(18)13(20)7(14(21)12(6)19)4-8-9(15(8,2)3)5-10(17)16(22,23)24/h5,8-9H,4H2,1-3H3/b10-5-/t8-,9+/m0/s1. The minimum absolute atomic E-state index is 0.429. The molecule has 1 aliphatic carbocycles. The van der Waals surface area contributed by atoms with Crippen molar-refractivity contribution < 1.29 is 30.7 Å². The second kappa shape index (κ2) is 5.93. The normalized spacial score (nSPS) is 23.5. The molecule has 1 aliphatic rings. The molecular formula is C16H14ClF7. The largest absolute Gasteiger partial charge is 0.426 e. The maximum atomic E-state index is 13.9. The lowest BCUT2D eigenvalue weighted by atomic mass is 10.00. The fourth-order valence-corrected chi connectivity index (χ4v) is 3.08. The molecule has 0 spiro atoms. The van der Waals surface area contributed by atoms with Crippen LogP contribution < -0.4 is 0 Å². The molecule has 134 valence electrons. The van der Waals surface area contributed by atoms with E-state index < -0.39 is 69.3 Å². The van der Waals surface area contributed by atoms with Crippen molar-refractivity contribution in [2.45, 2.75) is 33.4 Å². The van der Waals surface area contributed by atoms with Crippen molar-refractivity contribution in [1.29, 1.82) is 0 Å². The van der Waals surface area contributed by atoms with Gasteiger partial charge in [-0.25, -0.2) is 17.6 Å². The third-order valence-electron chi connectivity index (χ3n) is 4.73. The Bertz CT molecular complexity index is 674. The molecule has 0 heterocycles. The third kappa shape index (κ3) is 3.15. The second-order valence-corrected chi connectivity index (χ2v) is 6.94. The molecule has 0 amide bonds. The summed E-state index contributed by atoms with van der Waals surface area (Å²) in [6.07, 6.45) is -4.37. The van der Waals surface area contributed by atoms with Crippen LogP contribution in [0, 0.1) is 47.4 Å². The summed E-state index contributed by atoms with van der Waals surface area (Å²) in [5.74, 6) is -7.36. The fraction of sp³-hybridized carbons (Fsp3) is 0.500. The lowest BCUT2D eigenvalue weighted by Gasteiger charge is -2.10. The minimum atomic E-state index is -4.72. The lowest BCUT2D eigenvalue weighted by molar-refractivity contribution is -0.0848. The number of hydrogen-bond acceptors (Lipinski definition) is 0. The van der Waals surface area contributed by atoms with E-state index in [4.69, 9.17) is 11.6 Å². The molecule has 0 nitrogen and oxygen atoms in total. The van der Waals surface area contributed by atoms with Crippen molar-refractivity contribution >= 4 is 11.6 Å². The number of allylic oxidation sites excluding steroid dienone is 2. The van der Waals surface area contributed by atoms with E-state index in [-0.39, 0.29) is 0 Å². The van der Waals surface area contributed by atoms with Crippen LogP contribution in [0.1, 0.15) is 25.0 Å². The van der Waals surface area contributed by atoms with Gasteiger partial charge >= 0.3 is 6.18 Å². The maximum absolute atomic E-state index is 13.9. The van der Waals surface area contributed by atoms with E-state index in [9.17, 15) is 30.7 Å². The number of rotatable bonds is 3. The van der Waals surface area contributed by atoms with Crippen LogP contribution in [0.25, 0.3) is 0 Å². The lowest BCUT2D eigenvalue weighted by Crippen LogP contribution is -2.09. The maximum Gasteiger partial charge on any atom is 0.426 e. The van der Waals surface area contributed by atoms with Crippen LogP contribution in [0.15, 0.2) is 11.1 Å². The predicted octanol–water partition coefficient (Wildman–Crippen LogP) is 6.05. The third-order valence-corrected chi connectivity index (χ3v) is 5.07. The smallest absolute Gasteiger partial charge is 0.203 e. The van der Waals surface area contributed by atoms with Crippen molar-refractivity contribution in [3.05, 3.63) is 45.5 Å². The molecule has 0 radical (unpaired) electrons. The Morgan fingerprint density at radius 3 is 1.92 bits per heavy atom. The Morgan fingerprint density at radius 1 is 1.04 bits per heavy atom. The van der Waals surface area contributed by atoms with E-state index in [2.05, 4.69) is 0 Å². The van der Waals surface area contributed by atoms with Gasteiger partial charge in [-0.1, -0.05) is 31.5 Å². The van der Waals surface area contributed by atoms with Crippen LogP contribution in [-0.2, 0) is 6.42 Å². The molecule has 1 aromatic carbocycles. The first-order valence-electron chi connectivity index (χ1n) is 7.06. The van der Waals surface area contributed by atoms with Crippen LogP contribution in [0.2, 0.25) is 0 Å². The molecule has 24 heavy (non-hydrogen) atoms. The number of halogens is 8. The predicted molar refractivity (Wildman–Crippen MR) is 75.5 cm³/mol. The summed E-state index contributed by atoms with van der Waals surface area (Å²) in [6.45, 7) is 4.09. The summed E-state index contributed by atoms with van der Waals surface area (Å²) in [4.78, 5) is 0. The van der Waals surface area contributed by atoms with Gasteiger partial charge in [0.25, 0.3) is 0 Å². The highest BCUT2D eigenvalue weighted by molar-refractivity contribution is 6.30. The highest BCUT2D eigenvalue weighted by Crippen LogP contribution is 2.61. The van der Waals surface area contributed by atoms with Gasteiger partial charge in [0.2, 0.25) is 0 Å². The van der Waals surface area contributed by atoms with Gasteiger partial charge in [0.15, 0.2) is 23.3 Å². The minimum Gasteiger partial charge on any atom is -0.203 e. The summed E-state index contributed by atoms with van der Waals surface area (Å²) in [6, 6.07) is 0. The molecule has 2 atom stereocenters. The summed E-state index contributed by atoms with van der Waals surface area (Å²) in [5.41, 5.74) is -2.31. The zero-order chi connectivity index (χ0) is 18.6. The molecule has 0 N–H and O–H groups in total. The molecule has 0 saturated heterocycles. The number of benzene rings is 1. The Morgan fingerprint density at radius 2 is 1.50 bits per heavy atom. The van der Waals surface area contributed by atoms with Crippen LogP contribution in [-0.4, -0.2) is 6.18 Å². The molecule has 1 aromatic rings. The van der Waals surface area contributed by atoms with Crippen LogP contribution in [0.5, 0.6) is 0 Å². The second-order valence-electron chi connectivity index (χ2n) is 6.53. The van der Waals surface area contributed by atoms with Gasteiger partial charge in [0, 0.05) is 11.1 Å². The van der Waals surface area contributed by atoms with Crippen LogP contribution >= 0.6 is 11.6 Å².